The molecule has 2 N–H and O–H groups in total. The molecular weight excluding hydrogens is 371 g/mol. The molecule has 0 bridgehead atoms. The Balaban J connectivity index is 2.56. The molecule has 20 heavy (non-hydrogen) atoms. The molecule has 1 fully saturated rings. The molecule has 1 saturated heterocycles. The molecule has 0 amide bonds. The van der Waals surface area contributed by atoms with Crippen LogP contribution in [0.3, 0.4) is 0 Å². The van der Waals surface area contributed by atoms with E-state index in [1.807, 2.05) is 6.92 Å². The van der Waals surface area contributed by atoms with Gasteiger partial charge in [0.05, 0.1) is 15.2 Å². The zero-order valence-electron chi connectivity index (χ0n) is 10.9. The Hall–Kier alpha value is -0.370. The summed E-state index contributed by atoms with van der Waals surface area (Å²) in [6, 6.07) is 1.01. The summed E-state index contributed by atoms with van der Waals surface area (Å²) in [7, 11) is -3.92. The number of anilines is 1. The Morgan fingerprint density at radius 3 is 2.85 bits per heavy atom. The van der Waals surface area contributed by atoms with Crippen molar-refractivity contribution in [1.29, 1.82) is 0 Å². The molecule has 112 valence electrons. The number of nitrogens with two attached hydrogens (primary N) is 1. The van der Waals surface area contributed by atoms with Gasteiger partial charge in [0, 0.05) is 12.6 Å². The number of nitrogen functional groups attached to an aromatic ring is 1. The molecule has 0 spiro atoms. The quantitative estimate of drug-likeness (QED) is 0.641. The maximum atomic E-state index is 14.2. The zero-order valence-corrected chi connectivity index (χ0v) is 14.0. The molecule has 2 rings (SSSR count). The number of nitrogens with zero attached hydrogens (tertiary/aromatic N) is 1. The minimum absolute atomic E-state index is 0.0784. The molecular formula is C12H15BrClFN2O2S. The molecule has 0 radical (unpaired) electrons. The lowest BCUT2D eigenvalue weighted by molar-refractivity contribution is 0.377. The second kappa shape index (κ2) is 5.79. The smallest absolute Gasteiger partial charge is 0.246 e. The fraction of sp³-hybridized carbons (Fsp3) is 0.500. The second-order valence-electron chi connectivity index (χ2n) is 4.72. The highest BCUT2D eigenvalue weighted by Crippen LogP contribution is 2.37. The number of hydrogen-bond acceptors (Lipinski definition) is 3. The van der Waals surface area contributed by atoms with Gasteiger partial charge in [-0.2, -0.15) is 4.31 Å². The van der Waals surface area contributed by atoms with Gasteiger partial charge in [-0.05, 0) is 41.3 Å². The highest BCUT2D eigenvalue weighted by Gasteiger charge is 2.36. The molecule has 0 aliphatic carbocycles. The predicted octanol–water partition coefficient (Wildman–Crippen LogP) is 3.39. The van der Waals surface area contributed by atoms with Gasteiger partial charge in [0.25, 0.3) is 0 Å². The Labute approximate surface area is 131 Å². The number of benzene rings is 1. The van der Waals surface area contributed by atoms with Crippen LogP contribution in [0, 0.1) is 5.82 Å². The fourth-order valence-corrected chi connectivity index (χ4v) is 4.88. The molecule has 0 aromatic heterocycles. The first-order valence-corrected chi connectivity index (χ1v) is 8.86. The molecule has 1 atom stereocenters. The van der Waals surface area contributed by atoms with Gasteiger partial charge in [0.1, 0.15) is 4.90 Å². The van der Waals surface area contributed by atoms with Crippen molar-refractivity contribution < 1.29 is 12.8 Å². The van der Waals surface area contributed by atoms with Crippen LogP contribution < -0.4 is 5.73 Å². The van der Waals surface area contributed by atoms with E-state index >= 15 is 0 Å². The molecule has 1 aromatic carbocycles. The van der Waals surface area contributed by atoms with Gasteiger partial charge >= 0.3 is 0 Å². The molecule has 1 aliphatic heterocycles. The van der Waals surface area contributed by atoms with E-state index in [0.29, 0.717) is 13.0 Å². The van der Waals surface area contributed by atoms with Crippen molar-refractivity contribution in [3.8, 4) is 0 Å². The molecule has 4 nitrogen and oxygen atoms in total. The first kappa shape index (κ1) is 16.0. The number of hydrogen-bond donors (Lipinski definition) is 1. The first-order chi connectivity index (χ1) is 9.30. The van der Waals surface area contributed by atoms with Gasteiger partial charge in [0.2, 0.25) is 10.0 Å². The first-order valence-electron chi connectivity index (χ1n) is 6.25. The number of sulfonamides is 1. The zero-order chi connectivity index (χ0) is 15.1. The van der Waals surface area contributed by atoms with Gasteiger partial charge in [-0.3, -0.25) is 0 Å². The van der Waals surface area contributed by atoms with Crippen LogP contribution in [0.2, 0.25) is 5.02 Å². The SMILES string of the molecule is CCC1CCCN1S(=O)(=O)c1cc(Cl)c(Br)c(N)c1F. The average Bonchev–Trinajstić information content (AvgIpc) is 2.89. The minimum atomic E-state index is -3.92. The lowest BCUT2D eigenvalue weighted by Gasteiger charge is -2.23. The molecule has 1 heterocycles. The lowest BCUT2D eigenvalue weighted by Crippen LogP contribution is -2.35. The van der Waals surface area contributed by atoms with Crippen LogP contribution in [0.4, 0.5) is 10.1 Å². The van der Waals surface area contributed by atoms with E-state index in [1.165, 1.54) is 4.31 Å². The van der Waals surface area contributed by atoms with E-state index in [0.717, 1.165) is 18.9 Å². The predicted molar refractivity (Wildman–Crippen MR) is 80.7 cm³/mol. The molecule has 1 aromatic rings. The number of rotatable bonds is 3. The van der Waals surface area contributed by atoms with Crippen molar-refractivity contribution in [2.75, 3.05) is 12.3 Å². The van der Waals surface area contributed by atoms with E-state index in [-0.39, 0.29) is 21.2 Å². The Bertz CT molecular complexity index is 639. The van der Waals surface area contributed by atoms with Crippen LogP contribution >= 0.6 is 27.5 Å². The lowest BCUT2D eigenvalue weighted by atomic mass is 10.2. The summed E-state index contributed by atoms with van der Waals surface area (Å²) in [4.78, 5) is -0.455. The third kappa shape index (κ3) is 2.56. The molecule has 8 heteroatoms. The summed E-state index contributed by atoms with van der Waals surface area (Å²) in [5.74, 6) is -0.956. The fourth-order valence-electron chi connectivity index (χ4n) is 2.45. The highest BCUT2D eigenvalue weighted by molar-refractivity contribution is 9.10. The maximum absolute atomic E-state index is 14.2. The van der Waals surface area contributed by atoms with Crippen LogP contribution in [0.5, 0.6) is 0 Å². The molecule has 1 aliphatic rings. The monoisotopic (exact) mass is 384 g/mol. The summed E-state index contributed by atoms with van der Waals surface area (Å²) < 4.78 is 40.9. The Kier molecular flexibility index (Phi) is 4.63. The van der Waals surface area contributed by atoms with Crippen molar-refractivity contribution in [3.05, 3.63) is 21.4 Å². The highest BCUT2D eigenvalue weighted by atomic mass is 79.9. The molecule has 1 unspecified atom stereocenters. The van der Waals surface area contributed by atoms with Crippen LogP contribution in [0.25, 0.3) is 0 Å². The summed E-state index contributed by atoms with van der Waals surface area (Å²) in [5.41, 5.74) is 5.27. The normalized spacial score (nSPS) is 20.5. The van der Waals surface area contributed by atoms with Crippen molar-refractivity contribution in [3.63, 3.8) is 0 Å². The standard InChI is InChI=1S/C12H15BrClFN2O2S/c1-2-7-4-3-5-17(7)20(18,19)9-6-8(14)10(13)12(16)11(9)15/h6-7H,2-5,16H2,1H3. The Morgan fingerprint density at radius 2 is 2.25 bits per heavy atom. The van der Waals surface area contributed by atoms with Crippen molar-refractivity contribution in [1.82, 2.24) is 4.31 Å². The van der Waals surface area contributed by atoms with Gasteiger partial charge in [-0.15, -0.1) is 0 Å². The minimum Gasteiger partial charge on any atom is -0.395 e. The van der Waals surface area contributed by atoms with Crippen molar-refractivity contribution in [2.45, 2.75) is 37.1 Å². The van der Waals surface area contributed by atoms with Crippen molar-refractivity contribution >= 4 is 43.2 Å². The summed E-state index contributed by atoms with van der Waals surface area (Å²) in [6.45, 7) is 2.31. The Morgan fingerprint density at radius 1 is 1.60 bits per heavy atom. The third-order valence-electron chi connectivity index (χ3n) is 3.54. The van der Waals surface area contributed by atoms with Gasteiger partial charge in [0.15, 0.2) is 5.82 Å². The van der Waals surface area contributed by atoms with Gasteiger partial charge < -0.3 is 5.73 Å². The summed E-state index contributed by atoms with van der Waals surface area (Å²) in [5, 5.41) is 0.0784. The second-order valence-corrected chi connectivity index (χ2v) is 7.78. The van der Waals surface area contributed by atoms with Crippen LogP contribution in [0.15, 0.2) is 15.4 Å². The maximum Gasteiger partial charge on any atom is 0.246 e. The van der Waals surface area contributed by atoms with Gasteiger partial charge in [-0.1, -0.05) is 18.5 Å². The third-order valence-corrected chi connectivity index (χ3v) is 6.87. The van der Waals surface area contributed by atoms with Crippen LogP contribution in [-0.2, 0) is 10.0 Å². The van der Waals surface area contributed by atoms with Crippen LogP contribution in [-0.4, -0.2) is 25.3 Å². The average molecular weight is 386 g/mol. The van der Waals surface area contributed by atoms with Crippen molar-refractivity contribution in [2.24, 2.45) is 0 Å². The van der Waals surface area contributed by atoms with E-state index in [1.54, 1.807) is 0 Å². The summed E-state index contributed by atoms with van der Waals surface area (Å²) >= 11 is 8.93. The van der Waals surface area contributed by atoms with E-state index in [4.69, 9.17) is 17.3 Å². The topological polar surface area (TPSA) is 63.4 Å². The van der Waals surface area contributed by atoms with E-state index in [9.17, 15) is 12.8 Å². The largest absolute Gasteiger partial charge is 0.395 e. The van der Waals surface area contributed by atoms with E-state index < -0.39 is 20.7 Å². The summed E-state index contributed by atoms with van der Waals surface area (Å²) in [6.07, 6.45) is 2.26. The van der Waals surface area contributed by atoms with Gasteiger partial charge in [-0.25, -0.2) is 12.8 Å². The van der Waals surface area contributed by atoms with Crippen LogP contribution in [0.1, 0.15) is 26.2 Å². The van der Waals surface area contributed by atoms with E-state index in [2.05, 4.69) is 15.9 Å². The molecule has 0 saturated carbocycles. The number of halogens is 3.